The molecule has 6 rings (SSSR count). The monoisotopic (exact) mass is 433 g/mol. The molecule has 7 heteroatoms. The highest BCUT2D eigenvalue weighted by Crippen LogP contribution is 2.40. The molecule has 3 aliphatic rings. The van der Waals surface area contributed by atoms with Crippen LogP contribution in [0.5, 0.6) is 11.5 Å². The lowest BCUT2D eigenvalue weighted by molar-refractivity contribution is 0.0989. The summed E-state index contributed by atoms with van der Waals surface area (Å²) >= 11 is 1.55. The Labute approximate surface area is 185 Å². The third kappa shape index (κ3) is 3.20. The van der Waals surface area contributed by atoms with Crippen LogP contribution in [0.25, 0.3) is 11.1 Å². The first-order valence-corrected chi connectivity index (χ1v) is 11.5. The van der Waals surface area contributed by atoms with E-state index in [0.29, 0.717) is 24.8 Å². The van der Waals surface area contributed by atoms with Crippen LogP contribution in [0, 0.1) is 0 Å². The average Bonchev–Trinajstić information content (AvgIpc) is 3.42. The van der Waals surface area contributed by atoms with Gasteiger partial charge in [-0.1, -0.05) is 18.2 Å². The highest BCUT2D eigenvalue weighted by Gasteiger charge is 2.31. The fraction of sp³-hybridized carbons (Fsp3) is 0.333. The van der Waals surface area contributed by atoms with Gasteiger partial charge in [-0.15, -0.1) is 11.3 Å². The average molecular weight is 434 g/mol. The van der Waals surface area contributed by atoms with Crippen molar-refractivity contribution in [2.45, 2.75) is 19.4 Å². The van der Waals surface area contributed by atoms with Crippen LogP contribution in [-0.2, 0) is 19.4 Å². The van der Waals surface area contributed by atoms with Gasteiger partial charge in [0.2, 0.25) is 0 Å². The second kappa shape index (κ2) is 7.35. The minimum Gasteiger partial charge on any atom is -0.486 e. The SMILES string of the molecule is CN1CCc2nc(C(=O)N3CCc4c(-c5ccc6c(c5)OCCO6)cccc43)sc2C1. The van der Waals surface area contributed by atoms with E-state index in [1.165, 1.54) is 10.4 Å². The lowest BCUT2D eigenvalue weighted by Crippen LogP contribution is -2.28. The molecular weight excluding hydrogens is 410 g/mol. The Balaban J connectivity index is 1.33. The second-order valence-corrected chi connectivity index (χ2v) is 9.33. The highest BCUT2D eigenvalue weighted by atomic mass is 32.1. The minimum absolute atomic E-state index is 0.0140. The van der Waals surface area contributed by atoms with Crippen LogP contribution in [-0.4, -0.2) is 49.1 Å². The maximum atomic E-state index is 13.4. The number of carbonyl (C=O) groups is 1. The van der Waals surface area contributed by atoms with E-state index in [4.69, 9.17) is 14.5 Å². The molecule has 2 aromatic carbocycles. The number of hydrogen-bond acceptors (Lipinski definition) is 6. The first kappa shape index (κ1) is 18.8. The zero-order valence-electron chi connectivity index (χ0n) is 17.4. The van der Waals surface area contributed by atoms with Crippen LogP contribution in [0.3, 0.4) is 0 Å². The molecule has 0 saturated carbocycles. The highest BCUT2D eigenvalue weighted by molar-refractivity contribution is 7.13. The molecular formula is C24H23N3O3S. The van der Waals surface area contributed by atoms with Crippen LogP contribution >= 0.6 is 11.3 Å². The summed E-state index contributed by atoms with van der Waals surface area (Å²) < 4.78 is 11.4. The molecule has 0 unspecified atom stereocenters. The van der Waals surface area contributed by atoms with Crippen molar-refractivity contribution >= 4 is 22.9 Å². The number of anilines is 1. The number of nitrogens with zero attached hydrogens (tertiary/aromatic N) is 3. The van der Waals surface area contributed by atoms with Crippen molar-refractivity contribution in [3.63, 3.8) is 0 Å². The van der Waals surface area contributed by atoms with Crippen LogP contribution in [0.4, 0.5) is 5.69 Å². The quantitative estimate of drug-likeness (QED) is 0.616. The summed E-state index contributed by atoms with van der Waals surface area (Å²) in [6.07, 6.45) is 1.75. The lowest BCUT2D eigenvalue weighted by Gasteiger charge is -2.20. The van der Waals surface area contributed by atoms with E-state index in [2.05, 4.69) is 24.1 Å². The maximum Gasteiger partial charge on any atom is 0.287 e. The Morgan fingerprint density at radius 1 is 1.06 bits per heavy atom. The molecule has 0 N–H and O–H groups in total. The van der Waals surface area contributed by atoms with Crippen LogP contribution in [0.15, 0.2) is 36.4 Å². The van der Waals surface area contributed by atoms with Gasteiger partial charge in [-0.25, -0.2) is 4.98 Å². The summed E-state index contributed by atoms with van der Waals surface area (Å²) in [5.41, 5.74) is 5.51. The van der Waals surface area contributed by atoms with Crippen molar-refractivity contribution in [2.24, 2.45) is 0 Å². The number of ether oxygens (including phenoxy) is 2. The van der Waals surface area contributed by atoms with Crippen LogP contribution < -0.4 is 14.4 Å². The summed E-state index contributed by atoms with van der Waals surface area (Å²) in [5.74, 6) is 1.59. The summed E-state index contributed by atoms with van der Waals surface area (Å²) in [6.45, 7) is 3.71. The Morgan fingerprint density at radius 3 is 2.84 bits per heavy atom. The van der Waals surface area contributed by atoms with E-state index in [9.17, 15) is 4.79 Å². The van der Waals surface area contributed by atoms with Gasteiger partial charge < -0.3 is 19.3 Å². The van der Waals surface area contributed by atoms with E-state index in [1.807, 2.05) is 29.2 Å². The van der Waals surface area contributed by atoms with Crippen molar-refractivity contribution in [1.29, 1.82) is 0 Å². The van der Waals surface area contributed by atoms with E-state index in [-0.39, 0.29) is 5.91 Å². The number of fused-ring (bicyclic) bond motifs is 3. The van der Waals surface area contributed by atoms with Gasteiger partial charge >= 0.3 is 0 Å². The van der Waals surface area contributed by atoms with Crippen LogP contribution in [0.2, 0.25) is 0 Å². The van der Waals surface area contributed by atoms with E-state index < -0.39 is 0 Å². The number of hydrogen-bond donors (Lipinski definition) is 0. The fourth-order valence-corrected chi connectivity index (χ4v) is 5.79. The predicted octanol–water partition coefficient (Wildman–Crippen LogP) is 3.77. The van der Waals surface area contributed by atoms with Gasteiger partial charge in [0.25, 0.3) is 5.91 Å². The van der Waals surface area contributed by atoms with E-state index >= 15 is 0 Å². The molecule has 6 nitrogen and oxygen atoms in total. The molecule has 0 saturated heterocycles. The van der Waals surface area contributed by atoms with Gasteiger partial charge in [-0.05, 0) is 48.4 Å². The zero-order chi connectivity index (χ0) is 20.9. The Morgan fingerprint density at radius 2 is 1.94 bits per heavy atom. The van der Waals surface area contributed by atoms with Crippen molar-refractivity contribution in [3.8, 4) is 22.6 Å². The summed E-state index contributed by atoms with van der Waals surface area (Å²) in [6, 6.07) is 12.3. The molecule has 0 bridgehead atoms. The van der Waals surface area contributed by atoms with Gasteiger partial charge in [-0.3, -0.25) is 4.79 Å². The first-order chi connectivity index (χ1) is 15.2. The third-order valence-corrected chi connectivity index (χ3v) is 7.30. The number of aromatic nitrogens is 1. The number of rotatable bonds is 2. The molecule has 0 aliphatic carbocycles. The molecule has 1 amide bonds. The molecule has 0 fully saturated rings. The summed E-state index contributed by atoms with van der Waals surface area (Å²) in [4.78, 5) is 23.5. The second-order valence-electron chi connectivity index (χ2n) is 8.25. The number of thiazole rings is 1. The Bertz CT molecular complexity index is 1190. The number of carbonyl (C=O) groups excluding carboxylic acids is 1. The standard InChI is InChI=1S/C24H23N3O3S/c1-26-9-8-18-22(14-26)31-23(25-18)24(28)27-10-7-17-16(3-2-4-19(17)27)15-5-6-20-21(13-15)30-12-11-29-20/h2-6,13H,7-12,14H2,1H3. The fourth-order valence-electron chi connectivity index (χ4n) is 4.66. The summed E-state index contributed by atoms with van der Waals surface area (Å²) in [7, 11) is 2.11. The molecule has 1 aromatic heterocycles. The van der Waals surface area contributed by atoms with Gasteiger partial charge in [0.05, 0.1) is 5.69 Å². The molecule has 158 valence electrons. The molecule has 0 atom stereocenters. The molecule has 3 aliphatic heterocycles. The molecule has 3 aromatic rings. The van der Waals surface area contributed by atoms with Gasteiger partial charge in [0.15, 0.2) is 16.5 Å². The first-order valence-electron chi connectivity index (χ1n) is 10.7. The largest absolute Gasteiger partial charge is 0.486 e. The number of likely N-dealkylation sites (N-methyl/N-ethyl adjacent to an activating group) is 1. The molecule has 0 radical (unpaired) electrons. The van der Waals surface area contributed by atoms with Crippen molar-refractivity contribution in [2.75, 3.05) is 38.3 Å². The van der Waals surface area contributed by atoms with Gasteiger partial charge in [0, 0.05) is 36.6 Å². The van der Waals surface area contributed by atoms with Crippen LogP contribution in [0.1, 0.15) is 25.9 Å². The number of amides is 1. The maximum absolute atomic E-state index is 13.4. The molecule has 0 spiro atoms. The third-order valence-electron chi connectivity index (χ3n) is 6.23. The number of benzene rings is 2. The molecule has 31 heavy (non-hydrogen) atoms. The Hall–Kier alpha value is -2.90. The Kier molecular flexibility index (Phi) is 4.47. The lowest BCUT2D eigenvalue weighted by atomic mass is 9.97. The van der Waals surface area contributed by atoms with E-state index in [0.717, 1.165) is 59.9 Å². The van der Waals surface area contributed by atoms with E-state index in [1.54, 1.807) is 11.3 Å². The zero-order valence-corrected chi connectivity index (χ0v) is 18.2. The summed E-state index contributed by atoms with van der Waals surface area (Å²) in [5, 5.41) is 0.609. The normalized spacial score (nSPS) is 17.4. The topological polar surface area (TPSA) is 54.9 Å². The van der Waals surface area contributed by atoms with Gasteiger partial charge in [0.1, 0.15) is 13.2 Å². The molecule has 4 heterocycles. The smallest absolute Gasteiger partial charge is 0.287 e. The van der Waals surface area contributed by atoms with Crippen molar-refractivity contribution in [3.05, 3.63) is 57.5 Å². The predicted molar refractivity (Wildman–Crippen MR) is 120 cm³/mol. The van der Waals surface area contributed by atoms with Crippen molar-refractivity contribution < 1.29 is 14.3 Å². The minimum atomic E-state index is 0.0140. The van der Waals surface area contributed by atoms with Gasteiger partial charge in [-0.2, -0.15) is 0 Å². The van der Waals surface area contributed by atoms with Crippen molar-refractivity contribution in [1.82, 2.24) is 9.88 Å².